The average molecular weight is 233 g/mol. The van der Waals surface area contributed by atoms with E-state index in [9.17, 15) is 14.7 Å². The van der Waals surface area contributed by atoms with Gasteiger partial charge in [0.2, 0.25) is 5.88 Å². The summed E-state index contributed by atoms with van der Waals surface area (Å²) >= 11 is 0. The molecular weight excluding hydrogens is 222 g/mol. The maximum atomic E-state index is 11.5. The highest BCUT2D eigenvalue weighted by atomic mass is 16.3. The van der Waals surface area contributed by atoms with Gasteiger partial charge >= 0.3 is 5.69 Å². The Labute approximate surface area is 96.1 Å². The van der Waals surface area contributed by atoms with Crippen LogP contribution in [0.3, 0.4) is 0 Å². The summed E-state index contributed by atoms with van der Waals surface area (Å²) in [6, 6.07) is 0. The third-order valence-corrected chi connectivity index (χ3v) is 2.38. The van der Waals surface area contributed by atoms with E-state index in [1.54, 1.807) is 13.0 Å². The molecule has 1 aliphatic rings. The summed E-state index contributed by atoms with van der Waals surface area (Å²) in [6.07, 6.45) is 3.28. The number of nitrogens with one attached hydrogen (secondary N) is 2. The van der Waals surface area contributed by atoms with Gasteiger partial charge in [-0.05, 0) is 31.6 Å². The first-order chi connectivity index (χ1) is 7.97. The molecule has 0 aliphatic carbocycles. The second-order valence-corrected chi connectivity index (χ2v) is 3.75. The van der Waals surface area contributed by atoms with Crippen molar-refractivity contribution in [1.82, 2.24) is 9.97 Å². The maximum absolute atomic E-state index is 11.5. The fourth-order valence-corrected chi connectivity index (χ4v) is 1.61. The third-order valence-electron chi connectivity index (χ3n) is 2.38. The highest BCUT2D eigenvalue weighted by Gasteiger charge is 2.11. The van der Waals surface area contributed by atoms with Crippen LogP contribution >= 0.6 is 0 Å². The molecule has 6 nitrogen and oxygen atoms in total. The zero-order valence-electron chi connectivity index (χ0n) is 9.37. The number of aromatic nitrogens is 2. The lowest BCUT2D eigenvalue weighted by Crippen LogP contribution is -2.23. The van der Waals surface area contributed by atoms with E-state index in [0.29, 0.717) is 0 Å². The largest absolute Gasteiger partial charge is 0.494 e. The first-order valence-electron chi connectivity index (χ1n) is 4.98. The molecule has 0 saturated carbocycles. The lowest BCUT2D eigenvalue weighted by atomic mass is 10.1. The smallest absolute Gasteiger partial charge is 0.328 e. The van der Waals surface area contributed by atoms with Crippen molar-refractivity contribution in [3.63, 3.8) is 0 Å². The Bertz CT molecular complexity index is 674. The molecule has 0 radical (unpaired) electrons. The maximum Gasteiger partial charge on any atom is 0.328 e. The van der Waals surface area contributed by atoms with Gasteiger partial charge in [-0.3, -0.25) is 19.8 Å². The Balaban J connectivity index is 2.59. The van der Waals surface area contributed by atoms with E-state index in [2.05, 4.69) is 9.98 Å². The summed E-state index contributed by atoms with van der Waals surface area (Å²) in [4.78, 5) is 30.7. The number of allylic oxidation sites excluding steroid dienone is 3. The minimum atomic E-state index is -0.738. The van der Waals surface area contributed by atoms with Crippen molar-refractivity contribution in [3.05, 3.63) is 43.7 Å². The van der Waals surface area contributed by atoms with Crippen LogP contribution in [-0.2, 0) is 0 Å². The molecule has 0 amide bonds. The Morgan fingerprint density at radius 1 is 1.29 bits per heavy atom. The number of H-pyrrole nitrogens is 2. The Hall–Kier alpha value is -2.37. The number of hydrogen-bond donors (Lipinski definition) is 3. The molecule has 3 N–H and O–H groups in total. The number of nitrogens with zero attached hydrogens (tertiary/aromatic N) is 1. The molecule has 0 spiro atoms. The predicted octanol–water partition coefficient (Wildman–Crippen LogP) is 0.531. The van der Waals surface area contributed by atoms with Gasteiger partial charge in [0, 0.05) is 11.4 Å². The zero-order chi connectivity index (χ0) is 12.6. The second-order valence-electron chi connectivity index (χ2n) is 3.75. The van der Waals surface area contributed by atoms with Gasteiger partial charge in [-0.2, -0.15) is 0 Å². The molecule has 0 aromatic carbocycles. The molecule has 0 fully saturated rings. The van der Waals surface area contributed by atoms with Crippen LogP contribution in [0.15, 0.2) is 31.9 Å². The molecule has 6 heteroatoms. The average Bonchev–Trinajstić information content (AvgIpc) is 2.51. The predicted molar refractivity (Wildman–Crippen MR) is 64.2 cm³/mol. The van der Waals surface area contributed by atoms with Gasteiger partial charge < -0.3 is 5.11 Å². The van der Waals surface area contributed by atoms with Crippen molar-refractivity contribution in [1.29, 1.82) is 0 Å². The third kappa shape index (κ3) is 2.10. The Kier molecular flexibility index (Phi) is 2.55. The molecule has 2 rings (SSSR count). The van der Waals surface area contributed by atoms with E-state index < -0.39 is 17.1 Å². The molecular formula is C11H11N3O3. The topological polar surface area (TPSA) is 98.3 Å². The summed E-state index contributed by atoms with van der Waals surface area (Å²) in [7, 11) is 0. The fourth-order valence-electron chi connectivity index (χ4n) is 1.61. The van der Waals surface area contributed by atoms with Gasteiger partial charge in [-0.15, -0.1) is 0 Å². The lowest BCUT2D eigenvalue weighted by molar-refractivity contribution is 0.447. The highest BCUT2D eigenvalue weighted by molar-refractivity contribution is 6.07. The normalized spacial score (nSPS) is 17.2. The van der Waals surface area contributed by atoms with Crippen LogP contribution in [0.2, 0.25) is 0 Å². The zero-order valence-corrected chi connectivity index (χ0v) is 9.37. The van der Waals surface area contributed by atoms with E-state index in [-0.39, 0.29) is 5.56 Å². The van der Waals surface area contributed by atoms with Crippen LogP contribution in [0.5, 0.6) is 5.88 Å². The molecule has 0 bridgehead atoms. The number of rotatable bonds is 1. The SMILES string of the molecule is CC1=CC(=Cc2c(O)[nH]c(=O)[nH]c2=O)C(C)=N1. The van der Waals surface area contributed by atoms with E-state index >= 15 is 0 Å². The molecule has 0 saturated heterocycles. The van der Waals surface area contributed by atoms with Crippen molar-refractivity contribution < 1.29 is 5.11 Å². The van der Waals surface area contributed by atoms with Gasteiger partial charge in [-0.1, -0.05) is 0 Å². The Morgan fingerprint density at radius 2 is 2.00 bits per heavy atom. The van der Waals surface area contributed by atoms with Crippen LogP contribution in [0.4, 0.5) is 0 Å². The van der Waals surface area contributed by atoms with E-state index in [4.69, 9.17) is 0 Å². The summed E-state index contributed by atoms with van der Waals surface area (Å²) < 4.78 is 0. The van der Waals surface area contributed by atoms with Crippen molar-refractivity contribution >= 4 is 11.8 Å². The van der Waals surface area contributed by atoms with E-state index in [1.807, 2.05) is 11.9 Å². The van der Waals surface area contributed by atoms with Crippen LogP contribution in [0.25, 0.3) is 6.08 Å². The van der Waals surface area contributed by atoms with Gasteiger partial charge in [-0.25, -0.2) is 4.79 Å². The number of aliphatic imine (C=N–C) groups is 1. The molecule has 17 heavy (non-hydrogen) atoms. The quantitative estimate of drug-likeness (QED) is 0.659. The minimum absolute atomic E-state index is 0.0140. The molecule has 88 valence electrons. The number of aromatic amines is 2. The van der Waals surface area contributed by atoms with E-state index in [0.717, 1.165) is 17.0 Å². The first kappa shape index (κ1) is 11.1. The molecule has 1 aromatic rings. The van der Waals surface area contributed by atoms with Gasteiger partial charge in [0.1, 0.15) is 5.56 Å². The minimum Gasteiger partial charge on any atom is -0.494 e. The highest BCUT2D eigenvalue weighted by Crippen LogP contribution is 2.19. The summed E-state index contributed by atoms with van der Waals surface area (Å²) in [5.41, 5.74) is 0.958. The summed E-state index contributed by atoms with van der Waals surface area (Å²) in [6.45, 7) is 3.64. The summed E-state index contributed by atoms with van der Waals surface area (Å²) in [5, 5.41) is 9.50. The number of hydrogen-bond acceptors (Lipinski definition) is 4. The van der Waals surface area contributed by atoms with Crippen LogP contribution < -0.4 is 11.2 Å². The van der Waals surface area contributed by atoms with Crippen LogP contribution in [0.1, 0.15) is 19.4 Å². The molecule has 0 atom stereocenters. The second kappa shape index (κ2) is 3.89. The molecule has 1 aliphatic heterocycles. The number of aromatic hydroxyl groups is 1. The molecule has 2 heterocycles. The van der Waals surface area contributed by atoms with Crippen LogP contribution in [-0.4, -0.2) is 20.8 Å². The van der Waals surface area contributed by atoms with Gasteiger partial charge in [0.25, 0.3) is 5.56 Å². The molecule has 1 aromatic heterocycles. The fraction of sp³-hybridized carbons (Fsp3) is 0.182. The van der Waals surface area contributed by atoms with Crippen molar-refractivity contribution in [2.75, 3.05) is 0 Å². The summed E-state index contributed by atoms with van der Waals surface area (Å²) in [5.74, 6) is -0.447. The lowest BCUT2D eigenvalue weighted by Gasteiger charge is -1.98. The van der Waals surface area contributed by atoms with Crippen LogP contribution in [0, 0.1) is 0 Å². The first-order valence-corrected chi connectivity index (χ1v) is 4.98. The standard InChI is InChI=1S/C11H11N3O3/c1-5-3-7(6(2)12-5)4-8-9(15)13-11(17)14-10(8)16/h3-4H,1-2H3,(H3,13,14,15,16,17). The van der Waals surface area contributed by atoms with Gasteiger partial charge in [0.15, 0.2) is 0 Å². The monoisotopic (exact) mass is 233 g/mol. The molecule has 0 unspecified atom stereocenters. The Morgan fingerprint density at radius 3 is 2.53 bits per heavy atom. The van der Waals surface area contributed by atoms with Crippen molar-refractivity contribution in [2.24, 2.45) is 4.99 Å². The van der Waals surface area contributed by atoms with Crippen molar-refractivity contribution in [3.8, 4) is 5.88 Å². The van der Waals surface area contributed by atoms with E-state index in [1.165, 1.54) is 6.08 Å². The van der Waals surface area contributed by atoms with Crippen molar-refractivity contribution in [2.45, 2.75) is 13.8 Å². The van der Waals surface area contributed by atoms with Gasteiger partial charge in [0.05, 0.1) is 0 Å².